The van der Waals surface area contributed by atoms with Crippen LogP contribution in [0.15, 0.2) is 11.4 Å². The maximum Gasteiger partial charge on any atom is 0.128 e. The first kappa shape index (κ1) is 11.9. The molecule has 1 aliphatic carbocycles. The third-order valence-electron chi connectivity index (χ3n) is 3.14. The van der Waals surface area contributed by atoms with Gasteiger partial charge in [-0.05, 0) is 31.2 Å². The van der Waals surface area contributed by atoms with Gasteiger partial charge in [-0.2, -0.15) is 5.26 Å². The van der Waals surface area contributed by atoms with Gasteiger partial charge in [0.05, 0.1) is 6.07 Å². The Morgan fingerprint density at radius 1 is 1.39 bits per heavy atom. The van der Waals surface area contributed by atoms with E-state index >= 15 is 0 Å². The van der Waals surface area contributed by atoms with Crippen molar-refractivity contribution in [1.29, 1.82) is 5.26 Å². The van der Waals surface area contributed by atoms with Gasteiger partial charge in [0, 0.05) is 22.4 Å². The van der Waals surface area contributed by atoms with E-state index in [4.69, 9.17) is 5.26 Å². The van der Waals surface area contributed by atoms with Crippen LogP contribution in [0.25, 0.3) is 10.2 Å². The molecule has 0 bridgehead atoms. The number of thioether (sulfide) groups is 1. The minimum absolute atomic E-state index is 0.628. The largest absolute Gasteiger partial charge is 0.229 e. The molecule has 0 saturated heterocycles. The van der Waals surface area contributed by atoms with Crippen LogP contribution in [0.4, 0.5) is 0 Å². The fourth-order valence-corrected chi connectivity index (χ4v) is 4.59. The van der Waals surface area contributed by atoms with E-state index in [1.807, 2.05) is 11.3 Å². The Bertz CT molecular complexity index is 612. The van der Waals surface area contributed by atoms with Crippen molar-refractivity contribution in [2.24, 2.45) is 0 Å². The van der Waals surface area contributed by atoms with Crippen molar-refractivity contribution < 1.29 is 0 Å². The fourth-order valence-electron chi connectivity index (χ4n) is 2.33. The zero-order valence-electron chi connectivity index (χ0n) is 9.98. The summed E-state index contributed by atoms with van der Waals surface area (Å²) in [6.07, 6.45) is 6.87. The van der Waals surface area contributed by atoms with Crippen LogP contribution in [-0.2, 0) is 12.8 Å². The second kappa shape index (κ2) is 5.25. The minimum atomic E-state index is 0.628. The molecular weight excluding hydrogens is 262 g/mol. The maximum absolute atomic E-state index is 8.55. The number of nitrogens with zero attached hydrogens (tertiary/aromatic N) is 3. The van der Waals surface area contributed by atoms with Crippen molar-refractivity contribution in [3.63, 3.8) is 0 Å². The molecule has 0 atom stereocenters. The molecule has 18 heavy (non-hydrogen) atoms. The Hall–Kier alpha value is -1.12. The topological polar surface area (TPSA) is 49.6 Å². The quantitative estimate of drug-likeness (QED) is 0.486. The van der Waals surface area contributed by atoms with E-state index in [-0.39, 0.29) is 0 Å². The highest BCUT2D eigenvalue weighted by Gasteiger charge is 2.20. The lowest BCUT2D eigenvalue weighted by molar-refractivity contribution is 0.915. The average molecular weight is 275 g/mol. The van der Waals surface area contributed by atoms with Crippen molar-refractivity contribution in [3.8, 4) is 6.07 Å². The van der Waals surface area contributed by atoms with Crippen LogP contribution in [0.3, 0.4) is 0 Å². The Balaban J connectivity index is 1.89. The molecule has 2 heterocycles. The highest BCUT2D eigenvalue weighted by atomic mass is 32.2. The summed E-state index contributed by atoms with van der Waals surface area (Å²) in [4.78, 5) is 11.5. The molecule has 0 aromatic carbocycles. The fraction of sp³-hybridized carbons (Fsp3) is 0.462. The van der Waals surface area contributed by atoms with Gasteiger partial charge in [-0.15, -0.1) is 23.1 Å². The van der Waals surface area contributed by atoms with Crippen LogP contribution in [0.5, 0.6) is 0 Å². The minimum Gasteiger partial charge on any atom is -0.229 e. The van der Waals surface area contributed by atoms with Crippen LogP contribution in [0.1, 0.15) is 29.7 Å². The first-order valence-corrected chi connectivity index (χ1v) is 7.95. The monoisotopic (exact) mass is 275 g/mol. The molecule has 0 radical (unpaired) electrons. The summed E-state index contributed by atoms with van der Waals surface area (Å²) in [5, 5.41) is 10.9. The van der Waals surface area contributed by atoms with Crippen LogP contribution in [-0.4, -0.2) is 15.7 Å². The molecule has 92 valence electrons. The number of hydrogen-bond acceptors (Lipinski definition) is 5. The van der Waals surface area contributed by atoms with E-state index in [2.05, 4.69) is 16.0 Å². The zero-order chi connectivity index (χ0) is 12.4. The summed E-state index contributed by atoms with van der Waals surface area (Å²) < 4.78 is 0. The molecule has 0 amide bonds. The van der Waals surface area contributed by atoms with Gasteiger partial charge in [-0.3, -0.25) is 0 Å². The summed E-state index contributed by atoms with van der Waals surface area (Å²) in [6, 6.07) is 2.18. The number of nitriles is 1. The van der Waals surface area contributed by atoms with Gasteiger partial charge in [-0.1, -0.05) is 0 Å². The van der Waals surface area contributed by atoms with Gasteiger partial charge >= 0.3 is 0 Å². The summed E-state index contributed by atoms with van der Waals surface area (Å²) in [5.41, 5.74) is 1.48. The summed E-state index contributed by atoms with van der Waals surface area (Å²) in [5.74, 6) is 0.963. The average Bonchev–Trinajstić information content (AvgIpc) is 2.94. The number of aromatic nitrogens is 2. The number of thiophene rings is 1. The van der Waals surface area contributed by atoms with E-state index < -0.39 is 0 Å². The predicted octanol–water partition coefficient (Wildman–Crippen LogP) is 3.58. The molecule has 0 unspecified atom stereocenters. The number of aryl methyl sites for hydroxylation is 2. The molecule has 0 saturated carbocycles. The Kier molecular flexibility index (Phi) is 3.48. The van der Waals surface area contributed by atoms with Gasteiger partial charge in [0.15, 0.2) is 0 Å². The number of hydrogen-bond donors (Lipinski definition) is 0. The zero-order valence-corrected chi connectivity index (χ0v) is 11.6. The first-order valence-electron chi connectivity index (χ1n) is 6.15. The molecule has 0 aliphatic heterocycles. The van der Waals surface area contributed by atoms with Gasteiger partial charge in [-0.25, -0.2) is 9.97 Å². The van der Waals surface area contributed by atoms with Crippen LogP contribution < -0.4 is 0 Å². The molecule has 3 rings (SSSR count). The second-order valence-electron chi connectivity index (χ2n) is 4.33. The first-order chi connectivity index (χ1) is 8.90. The maximum atomic E-state index is 8.55. The van der Waals surface area contributed by atoms with Crippen molar-refractivity contribution in [2.45, 2.75) is 37.1 Å². The molecular formula is C13H13N3S2. The van der Waals surface area contributed by atoms with Gasteiger partial charge < -0.3 is 0 Å². The third-order valence-corrected chi connectivity index (χ3v) is 5.41. The smallest absolute Gasteiger partial charge is 0.128 e. The summed E-state index contributed by atoms with van der Waals surface area (Å²) in [7, 11) is 0. The highest BCUT2D eigenvalue weighted by molar-refractivity contribution is 7.99. The molecule has 2 aromatic rings. The summed E-state index contributed by atoms with van der Waals surface area (Å²) in [6.45, 7) is 0. The lowest BCUT2D eigenvalue weighted by atomic mass is 10.2. The van der Waals surface area contributed by atoms with E-state index in [1.165, 1.54) is 35.1 Å². The molecule has 3 nitrogen and oxygen atoms in total. The molecule has 0 N–H and O–H groups in total. The molecule has 0 fully saturated rings. The van der Waals surface area contributed by atoms with E-state index in [1.54, 1.807) is 18.1 Å². The number of rotatable bonds is 4. The second-order valence-corrected chi connectivity index (χ2v) is 6.49. The van der Waals surface area contributed by atoms with E-state index in [9.17, 15) is 0 Å². The van der Waals surface area contributed by atoms with Gasteiger partial charge in [0.25, 0.3) is 0 Å². The van der Waals surface area contributed by atoms with Gasteiger partial charge in [0.2, 0.25) is 0 Å². The Labute approximate surface area is 114 Å². The Morgan fingerprint density at radius 3 is 3.22 bits per heavy atom. The van der Waals surface area contributed by atoms with Crippen LogP contribution in [0, 0.1) is 11.3 Å². The van der Waals surface area contributed by atoms with E-state index in [0.717, 1.165) is 22.0 Å². The molecule has 1 aliphatic rings. The van der Waals surface area contributed by atoms with Crippen molar-refractivity contribution in [1.82, 2.24) is 9.97 Å². The third kappa shape index (κ3) is 2.11. The SMILES string of the molecule is N#CCCCSc1ncnc2sc3c(c12)CCC3. The lowest BCUT2D eigenvalue weighted by Gasteiger charge is -2.02. The predicted molar refractivity (Wildman–Crippen MR) is 75.0 cm³/mol. The van der Waals surface area contributed by atoms with Crippen LogP contribution in [0.2, 0.25) is 0 Å². The van der Waals surface area contributed by atoms with Crippen molar-refractivity contribution in [2.75, 3.05) is 5.75 Å². The highest BCUT2D eigenvalue weighted by Crippen LogP contribution is 2.40. The lowest BCUT2D eigenvalue weighted by Crippen LogP contribution is -1.88. The Morgan fingerprint density at radius 2 is 2.33 bits per heavy atom. The number of fused-ring (bicyclic) bond motifs is 3. The standard InChI is InChI=1S/C13H13N3S2/c14-6-1-2-7-17-12-11-9-4-3-5-10(9)18-13(11)16-8-15-12/h8H,1-5,7H2. The van der Waals surface area contributed by atoms with Crippen molar-refractivity contribution >= 4 is 33.3 Å². The van der Waals surface area contributed by atoms with Gasteiger partial charge in [0.1, 0.15) is 16.2 Å². The summed E-state index contributed by atoms with van der Waals surface area (Å²) >= 11 is 3.59. The van der Waals surface area contributed by atoms with Crippen molar-refractivity contribution in [3.05, 3.63) is 16.8 Å². The molecule has 2 aromatic heterocycles. The van der Waals surface area contributed by atoms with E-state index in [0.29, 0.717) is 6.42 Å². The normalized spacial score (nSPS) is 13.7. The van der Waals surface area contributed by atoms with Crippen LogP contribution >= 0.6 is 23.1 Å². The molecule has 5 heteroatoms. The number of unbranched alkanes of at least 4 members (excludes halogenated alkanes) is 1. The molecule has 0 spiro atoms.